The predicted molar refractivity (Wildman–Crippen MR) is 115 cm³/mol. The van der Waals surface area contributed by atoms with Crippen molar-refractivity contribution in [2.24, 2.45) is 0 Å². The van der Waals surface area contributed by atoms with Crippen LogP contribution in [0, 0.1) is 0 Å². The monoisotopic (exact) mass is 428 g/mol. The van der Waals surface area contributed by atoms with E-state index < -0.39 is 10.2 Å². The number of nitrogens with zero attached hydrogens (tertiary/aromatic N) is 4. The molecule has 30 heavy (non-hydrogen) atoms. The summed E-state index contributed by atoms with van der Waals surface area (Å²) in [6.45, 7) is 0. The summed E-state index contributed by atoms with van der Waals surface area (Å²) in [5, 5.41) is 7.82. The van der Waals surface area contributed by atoms with Gasteiger partial charge in [-0.15, -0.1) is 5.10 Å². The van der Waals surface area contributed by atoms with Crippen molar-refractivity contribution in [1.29, 1.82) is 0 Å². The number of nitrogens with one attached hydrogen (secondary N) is 2. The average Bonchev–Trinajstić information content (AvgIpc) is 3.15. The fourth-order valence-electron chi connectivity index (χ4n) is 3.43. The van der Waals surface area contributed by atoms with Crippen LogP contribution >= 0.6 is 0 Å². The molecule has 0 spiro atoms. The van der Waals surface area contributed by atoms with E-state index >= 15 is 0 Å². The lowest BCUT2D eigenvalue weighted by Crippen LogP contribution is -2.29. The molecule has 3 aromatic rings. The Hall–Kier alpha value is -3.11. The Morgan fingerprint density at radius 2 is 1.80 bits per heavy atom. The number of hydrogen-bond acceptors (Lipinski definition) is 6. The first-order valence-corrected chi connectivity index (χ1v) is 10.9. The van der Waals surface area contributed by atoms with Gasteiger partial charge < -0.3 is 10.1 Å². The minimum absolute atomic E-state index is 0.0175. The van der Waals surface area contributed by atoms with E-state index in [1.54, 1.807) is 11.8 Å². The van der Waals surface area contributed by atoms with E-state index in [4.69, 9.17) is 4.74 Å². The number of ether oxygens (including phenoxy) is 1. The molecule has 0 amide bonds. The summed E-state index contributed by atoms with van der Waals surface area (Å²) in [6.07, 6.45) is 0.729. The number of fused-ring (bicyclic) bond motifs is 1. The molecular weight excluding hydrogens is 404 g/mol. The van der Waals surface area contributed by atoms with Crippen molar-refractivity contribution in [2.45, 2.75) is 18.5 Å². The normalized spacial score (nSPS) is 18.5. The molecule has 0 saturated heterocycles. The van der Waals surface area contributed by atoms with Gasteiger partial charge in [-0.3, -0.25) is 0 Å². The highest BCUT2D eigenvalue weighted by Crippen LogP contribution is 2.38. The molecule has 4 rings (SSSR count). The molecule has 0 bridgehead atoms. The Morgan fingerprint density at radius 3 is 2.43 bits per heavy atom. The molecule has 9 nitrogen and oxygen atoms in total. The number of aromatic nitrogens is 3. The zero-order chi connectivity index (χ0) is 21.3. The zero-order valence-corrected chi connectivity index (χ0v) is 17.8. The van der Waals surface area contributed by atoms with E-state index in [9.17, 15) is 8.42 Å². The highest BCUT2D eigenvalue weighted by atomic mass is 32.2. The van der Waals surface area contributed by atoms with Gasteiger partial charge in [-0.2, -0.15) is 17.7 Å². The van der Waals surface area contributed by atoms with Gasteiger partial charge in [0.05, 0.1) is 19.2 Å². The second kappa shape index (κ2) is 7.96. The van der Waals surface area contributed by atoms with E-state index in [0.29, 0.717) is 5.95 Å². The van der Waals surface area contributed by atoms with Crippen molar-refractivity contribution < 1.29 is 13.2 Å². The van der Waals surface area contributed by atoms with Gasteiger partial charge in [-0.05, 0) is 29.7 Å². The molecule has 1 aliphatic heterocycles. The summed E-state index contributed by atoms with van der Waals surface area (Å²) >= 11 is 0. The van der Waals surface area contributed by atoms with Gasteiger partial charge in [0.1, 0.15) is 5.75 Å². The van der Waals surface area contributed by atoms with Crippen molar-refractivity contribution in [3.63, 3.8) is 0 Å². The first-order valence-electron chi connectivity index (χ1n) is 9.49. The second-order valence-corrected chi connectivity index (χ2v) is 9.11. The van der Waals surface area contributed by atoms with Crippen LogP contribution in [0.25, 0.3) is 0 Å². The Balaban J connectivity index is 1.71. The van der Waals surface area contributed by atoms with Crippen LogP contribution in [0.2, 0.25) is 0 Å². The van der Waals surface area contributed by atoms with Crippen LogP contribution in [0.3, 0.4) is 0 Å². The maximum atomic E-state index is 12.2. The number of methoxy groups -OCH3 is 1. The summed E-state index contributed by atoms with van der Waals surface area (Å²) in [6, 6.07) is 17.8. The summed E-state index contributed by atoms with van der Waals surface area (Å²) in [5.74, 6) is 1.33. The largest absolute Gasteiger partial charge is 0.497 e. The fraction of sp³-hybridized carbons (Fsp3) is 0.300. The predicted octanol–water partition coefficient (Wildman–Crippen LogP) is 2.65. The van der Waals surface area contributed by atoms with Gasteiger partial charge in [0.25, 0.3) is 5.95 Å². The SMILES string of the molecule is COc1ccc([C@@H]2C[C@@H](c3ccccc3)n3nc(NS(=O)(=O)N(C)C)nc3N2)cc1. The van der Waals surface area contributed by atoms with Crippen LogP contribution in [0.15, 0.2) is 54.6 Å². The van der Waals surface area contributed by atoms with Crippen LogP contribution in [0.5, 0.6) is 5.75 Å². The minimum Gasteiger partial charge on any atom is -0.497 e. The summed E-state index contributed by atoms with van der Waals surface area (Å²) < 4.78 is 34.9. The smallest absolute Gasteiger partial charge is 0.303 e. The Bertz CT molecular complexity index is 1110. The lowest BCUT2D eigenvalue weighted by molar-refractivity contribution is 0.413. The van der Waals surface area contributed by atoms with Crippen molar-refractivity contribution in [3.8, 4) is 5.75 Å². The summed E-state index contributed by atoms with van der Waals surface area (Å²) in [4.78, 5) is 4.40. The molecule has 0 unspecified atom stereocenters. The molecule has 0 saturated carbocycles. The zero-order valence-electron chi connectivity index (χ0n) is 17.0. The van der Waals surface area contributed by atoms with Crippen LogP contribution in [-0.2, 0) is 10.2 Å². The molecule has 0 radical (unpaired) electrons. The molecule has 2 N–H and O–H groups in total. The van der Waals surface area contributed by atoms with Crippen molar-refractivity contribution in [1.82, 2.24) is 19.1 Å². The highest BCUT2D eigenvalue weighted by Gasteiger charge is 2.32. The fourth-order valence-corrected chi connectivity index (χ4v) is 3.93. The third kappa shape index (κ3) is 3.96. The highest BCUT2D eigenvalue weighted by molar-refractivity contribution is 7.90. The van der Waals surface area contributed by atoms with E-state index in [2.05, 4.69) is 20.1 Å². The molecule has 0 aliphatic carbocycles. The number of rotatable bonds is 6. The molecule has 1 aliphatic rings. The van der Waals surface area contributed by atoms with E-state index in [1.165, 1.54) is 14.1 Å². The van der Waals surface area contributed by atoms with Crippen molar-refractivity contribution >= 4 is 22.1 Å². The van der Waals surface area contributed by atoms with Crippen molar-refractivity contribution in [3.05, 3.63) is 65.7 Å². The van der Waals surface area contributed by atoms with E-state index in [1.807, 2.05) is 54.6 Å². The van der Waals surface area contributed by atoms with E-state index in [-0.39, 0.29) is 18.0 Å². The number of anilines is 2. The van der Waals surface area contributed by atoms with E-state index in [0.717, 1.165) is 27.6 Å². The minimum atomic E-state index is -3.70. The summed E-state index contributed by atoms with van der Waals surface area (Å²) in [5.41, 5.74) is 2.16. The molecule has 2 heterocycles. The molecule has 1 aromatic heterocycles. The molecule has 2 aromatic carbocycles. The van der Waals surface area contributed by atoms with Gasteiger partial charge in [0.2, 0.25) is 5.95 Å². The van der Waals surface area contributed by atoms with Gasteiger partial charge in [0, 0.05) is 14.1 Å². The molecule has 10 heteroatoms. The average molecular weight is 429 g/mol. The Kier molecular flexibility index (Phi) is 5.35. The van der Waals surface area contributed by atoms with Crippen LogP contribution in [-0.4, -0.2) is 48.7 Å². The second-order valence-electron chi connectivity index (χ2n) is 7.23. The molecular formula is C20H24N6O3S. The third-order valence-electron chi connectivity index (χ3n) is 5.09. The maximum Gasteiger partial charge on any atom is 0.303 e. The summed E-state index contributed by atoms with van der Waals surface area (Å²) in [7, 11) is 0.829. The first kappa shape index (κ1) is 20.2. The maximum absolute atomic E-state index is 12.2. The first-order chi connectivity index (χ1) is 14.4. The van der Waals surface area contributed by atoms with Gasteiger partial charge in [0.15, 0.2) is 0 Å². The van der Waals surface area contributed by atoms with Crippen LogP contribution in [0.4, 0.5) is 11.9 Å². The standard InChI is InChI=1S/C20H24N6O3S/c1-25(2)30(27,28)24-19-22-20-21-17(14-9-11-16(29-3)12-10-14)13-18(26(20)23-19)15-7-5-4-6-8-15/h4-12,17-18H,13H2,1-3H3,(H2,21,22,23,24)/t17-,18-/m0/s1. The third-order valence-corrected chi connectivity index (χ3v) is 6.49. The Labute approximate surface area is 175 Å². The van der Waals surface area contributed by atoms with Gasteiger partial charge in [-0.25, -0.2) is 9.40 Å². The number of hydrogen-bond donors (Lipinski definition) is 2. The van der Waals surface area contributed by atoms with Crippen LogP contribution in [0.1, 0.15) is 29.6 Å². The van der Waals surface area contributed by atoms with Crippen LogP contribution < -0.4 is 14.8 Å². The van der Waals surface area contributed by atoms with Crippen molar-refractivity contribution in [2.75, 3.05) is 31.2 Å². The topological polar surface area (TPSA) is 101 Å². The van der Waals surface area contributed by atoms with Gasteiger partial charge in [-0.1, -0.05) is 42.5 Å². The molecule has 2 atom stereocenters. The van der Waals surface area contributed by atoms with Gasteiger partial charge >= 0.3 is 10.2 Å². The lowest BCUT2D eigenvalue weighted by atomic mass is 9.93. The number of benzene rings is 2. The molecule has 158 valence electrons. The quantitative estimate of drug-likeness (QED) is 0.626. The lowest BCUT2D eigenvalue weighted by Gasteiger charge is -2.31. The Morgan fingerprint density at radius 1 is 1.10 bits per heavy atom. The molecule has 0 fully saturated rings.